The second-order valence-corrected chi connectivity index (χ2v) is 3.78. The lowest BCUT2D eigenvalue weighted by Crippen LogP contribution is -1.93. The first kappa shape index (κ1) is 11.1. The van der Waals surface area contributed by atoms with Crippen LogP contribution in [0.15, 0.2) is 36.5 Å². The van der Waals surface area contributed by atoms with Crippen LogP contribution in [0.1, 0.15) is 11.1 Å². The van der Waals surface area contributed by atoms with Crippen LogP contribution in [0.4, 0.5) is 0 Å². The molecule has 0 saturated heterocycles. The smallest absolute Gasteiger partial charge is 0.121 e. The van der Waals surface area contributed by atoms with Crippen LogP contribution in [-0.2, 0) is 0 Å². The molecule has 0 unspecified atom stereocenters. The highest BCUT2D eigenvalue weighted by Crippen LogP contribution is 2.26. The molecule has 0 radical (unpaired) electrons. The van der Waals surface area contributed by atoms with Gasteiger partial charge in [-0.2, -0.15) is 10.5 Å². The number of aromatic amines is 1. The van der Waals surface area contributed by atoms with Gasteiger partial charge < -0.3 is 4.98 Å². The molecular weight excluding hydrogens is 230 g/mol. The van der Waals surface area contributed by atoms with Crippen molar-refractivity contribution in [1.29, 1.82) is 10.5 Å². The molecule has 2 rings (SSSR count). The molecule has 1 N–H and O–H groups in total. The number of rotatable bonds is 1. The Kier molecular flexibility index (Phi) is 3.00. The Hall–Kier alpha value is -2.43. The summed E-state index contributed by atoms with van der Waals surface area (Å²) in [5.41, 5.74) is 2.17. The molecule has 0 fully saturated rings. The molecule has 0 bridgehead atoms. The van der Waals surface area contributed by atoms with Crippen molar-refractivity contribution in [3.63, 3.8) is 0 Å². The fraction of sp³-hybridized carbons (Fsp3) is 0. The van der Waals surface area contributed by atoms with Gasteiger partial charge in [-0.1, -0.05) is 42.5 Å². The summed E-state index contributed by atoms with van der Waals surface area (Å²) in [6, 6.07) is 13.4. The highest BCUT2D eigenvalue weighted by molar-refractivity contribution is 7.71. The van der Waals surface area contributed by atoms with E-state index in [0.29, 0.717) is 21.3 Å². The minimum Gasteiger partial charge on any atom is -0.350 e. The zero-order chi connectivity index (χ0) is 12.3. The summed E-state index contributed by atoms with van der Waals surface area (Å²) in [6.07, 6.45) is 1.53. The third-order valence-corrected chi connectivity index (χ3v) is 2.71. The van der Waals surface area contributed by atoms with Gasteiger partial charge >= 0.3 is 0 Å². The lowest BCUT2D eigenvalue weighted by atomic mass is 9.98. The Morgan fingerprint density at radius 1 is 1.06 bits per heavy atom. The molecule has 0 aliphatic rings. The molecule has 0 aliphatic carbocycles. The average molecular weight is 237 g/mol. The molecule has 3 nitrogen and oxygen atoms in total. The molecule has 4 heteroatoms. The average Bonchev–Trinajstić information content (AvgIpc) is 2.39. The van der Waals surface area contributed by atoms with E-state index in [-0.39, 0.29) is 0 Å². The van der Waals surface area contributed by atoms with Crippen LogP contribution in [-0.4, -0.2) is 4.98 Å². The van der Waals surface area contributed by atoms with E-state index in [4.69, 9.17) is 22.7 Å². The summed E-state index contributed by atoms with van der Waals surface area (Å²) in [5.74, 6) is 0. The lowest BCUT2D eigenvalue weighted by Gasteiger charge is -2.06. The van der Waals surface area contributed by atoms with Crippen LogP contribution in [0, 0.1) is 27.3 Å². The van der Waals surface area contributed by atoms with Crippen molar-refractivity contribution in [1.82, 2.24) is 4.98 Å². The Balaban J connectivity index is 2.86. The Morgan fingerprint density at radius 2 is 1.76 bits per heavy atom. The molecule has 17 heavy (non-hydrogen) atoms. The van der Waals surface area contributed by atoms with Crippen molar-refractivity contribution >= 4 is 12.2 Å². The zero-order valence-corrected chi connectivity index (χ0v) is 9.58. The number of nitrogens with one attached hydrogen (secondary N) is 1. The maximum Gasteiger partial charge on any atom is 0.121 e. The van der Waals surface area contributed by atoms with Gasteiger partial charge in [0, 0.05) is 11.8 Å². The molecule has 0 aliphatic heterocycles. The van der Waals surface area contributed by atoms with Gasteiger partial charge in [0.2, 0.25) is 0 Å². The molecule has 1 aromatic carbocycles. The van der Waals surface area contributed by atoms with Crippen molar-refractivity contribution in [2.45, 2.75) is 0 Å². The van der Waals surface area contributed by atoms with Crippen LogP contribution in [0.5, 0.6) is 0 Å². The van der Waals surface area contributed by atoms with Crippen LogP contribution in [0.25, 0.3) is 11.1 Å². The fourth-order valence-electron chi connectivity index (χ4n) is 1.63. The van der Waals surface area contributed by atoms with Gasteiger partial charge in [-0.05, 0) is 5.56 Å². The molecule has 0 spiro atoms. The summed E-state index contributed by atoms with van der Waals surface area (Å²) in [5, 5.41) is 18.2. The van der Waals surface area contributed by atoms with Gasteiger partial charge in [0.25, 0.3) is 0 Å². The van der Waals surface area contributed by atoms with Crippen LogP contribution in [0.3, 0.4) is 0 Å². The van der Waals surface area contributed by atoms with E-state index >= 15 is 0 Å². The normalized spacial score (nSPS) is 9.29. The SMILES string of the molecule is N#Cc1c[nH]c(=S)c(C#N)c1-c1ccccc1. The number of nitriles is 2. The summed E-state index contributed by atoms with van der Waals surface area (Å²) < 4.78 is 0.352. The summed E-state index contributed by atoms with van der Waals surface area (Å²) >= 11 is 5.06. The van der Waals surface area contributed by atoms with Gasteiger partial charge in [-0.25, -0.2) is 0 Å². The molecule has 80 valence electrons. The molecule has 0 saturated carbocycles. The molecule has 1 heterocycles. The molecular formula is C13H7N3S. The quantitative estimate of drug-likeness (QED) is 0.775. The minimum absolute atomic E-state index is 0.338. The summed E-state index contributed by atoms with van der Waals surface area (Å²) in [6.45, 7) is 0. The Labute approximate surface area is 104 Å². The Morgan fingerprint density at radius 3 is 2.35 bits per heavy atom. The maximum absolute atomic E-state index is 9.13. The summed E-state index contributed by atoms with van der Waals surface area (Å²) in [7, 11) is 0. The first-order valence-corrected chi connectivity index (χ1v) is 5.30. The third kappa shape index (κ3) is 1.94. The molecule has 2 aromatic rings. The van der Waals surface area contributed by atoms with E-state index < -0.39 is 0 Å². The Bertz CT molecular complexity index is 687. The molecule has 1 aromatic heterocycles. The topological polar surface area (TPSA) is 63.4 Å². The largest absolute Gasteiger partial charge is 0.350 e. The van der Waals surface area contributed by atoms with E-state index in [9.17, 15) is 0 Å². The van der Waals surface area contributed by atoms with Crippen LogP contribution in [0.2, 0.25) is 0 Å². The maximum atomic E-state index is 9.13. The molecule has 0 amide bonds. The number of H-pyrrole nitrogens is 1. The first-order valence-electron chi connectivity index (χ1n) is 4.89. The number of nitrogens with zero attached hydrogens (tertiary/aromatic N) is 2. The predicted octanol–water partition coefficient (Wildman–Crippen LogP) is 3.15. The van der Waals surface area contributed by atoms with Crippen molar-refractivity contribution in [2.75, 3.05) is 0 Å². The minimum atomic E-state index is 0.338. The zero-order valence-electron chi connectivity index (χ0n) is 8.77. The fourth-order valence-corrected chi connectivity index (χ4v) is 1.84. The van der Waals surface area contributed by atoms with Crippen molar-refractivity contribution in [3.05, 3.63) is 52.3 Å². The number of pyridine rings is 1. The second kappa shape index (κ2) is 4.61. The monoisotopic (exact) mass is 237 g/mol. The van der Waals surface area contributed by atoms with Crippen LogP contribution < -0.4 is 0 Å². The van der Waals surface area contributed by atoms with Gasteiger partial charge in [-0.15, -0.1) is 0 Å². The van der Waals surface area contributed by atoms with Crippen molar-refractivity contribution < 1.29 is 0 Å². The lowest BCUT2D eigenvalue weighted by molar-refractivity contribution is 1.25. The highest BCUT2D eigenvalue weighted by Gasteiger charge is 2.12. The second-order valence-electron chi connectivity index (χ2n) is 3.37. The number of hydrogen-bond acceptors (Lipinski definition) is 3. The van der Waals surface area contributed by atoms with E-state index in [2.05, 4.69) is 17.1 Å². The number of aromatic nitrogens is 1. The van der Waals surface area contributed by atoms with Gasteiger partial charge in [0.05, 0.1) is 11.1 Å². The van der Waals surface area contributed by atoms with Gasteiger partial charge in [-0.3, -0.25) is 0 Å². The van der Waals surface area contributed by atoms with Crippen LogP contribution >= 0.6 is 12.2 Å². The van der Waals surface area contributed by atoms with E-state index in [1.54, 1.807) is 0 Å². The van der Waals surface area contributed by atoms with Crippen molar-refractivity contribution in [2.24, 2.45) is 0 Å². The predicted molar refractivity (Wildman–Crippen MR) is 66.5 cm³/mol. The molecule has 0 atom stereocenters. The van der Waals surface area contributed by atoms with E-state index in [1.165, 1.54) is 6.20 Å². The summed E-state index contributed by atoms with van der Waals surface area (Å²) in [4.78, 5) is 2.75. The van der Waals surface area contributed by atoms with E-state index in [0.717, 1.165) is 5.56 Å². The standard InChI is InChI=1S/C13H7N3S/c14-6-10-8-16-13(17)11(7-15)12(10)9-4-2-1-3-5-9/h1-5,8H,(H,16,17). The third-order valence-electron chi connectivity index (χ3n) is 2.39. The van der Waals surface area contributed by atoms with E-state index in [1.807, 2.05) is 30.3 Å². The number of benzene rings is 1. The van der Waals surface area contributed by atoms with Gasteiger partial charge in [0.1, 0.15) is 16.8 Å². The highest BCUT2D eigenvalue weighted by atomic mass is 32.1. The van der Waals surface area contributed by atoms with Crippen molar-refractivity contribution in [3.8, 4) is 23.3 Å². The first-order chi connectivity index (χ1) is 8.27. The number of hydrogen-bond donors (Lipinski definition) is 1. The van der Waals surface area contributed by atoms with Gasteiger partial charge in [0.15, 0.2) is 0 Å².